The minimum absolute atomic E-state index is 0.00251. The molecule has 0 spiro atoms. The topological polar surface area (TPSA) is 94.5 Å². The molecule has 39 heavy (non-hydrogen) atoms. The van der Waals surface area contributed by atoms with Gasteiger partial charge in [-0.15, -0.1) is 0 Å². The van der Waals surface area contributed by atoms with Gasteiger partial charge in [0.15, 0.2) is 23.0 Å². The third kappa shape index (κ3) is 5.27. The van der Waals surface area contributed by atoms with Crippen LogP contribution in [0.5, 0.6) is 23.0 Å². The first-order valence-corrected chi connectivity index (χ1v) is 13.1. The molecule has 2 aliphatic heterocycles. The van der Waals surface area contributed by atoms with Crippen molar-refractivity contribution in [3.05, 3.63) is 89.0 Å². The molecular weight excluding hydrogens is 498 g/mol. The Morgan fingerprint density at radius 3 is 2.44 bits per heavy atom. The Hall–Kier alpha value is -4.46. The van der Waals surface area contributed by atoms with Crippen molar-refractivity contribution in [3.63, 3.8) is 0 Å². The molecule has 0 radical (unpaired) electrons. The fraction of sp³-hybridized carbons (Fsp3) is 0.290. The van der Waals surface area contributed by atoms with Crippen LogP contribution in [-0.2, 0) is 16.1 Å². The minimum atomic E-state index is -0.849. The summed E-state index contributed by atoms with van der Waals surface area (Å²) in [5.74, 6) is 0.386. The monoisotopic (exact) mass is 529 g/mol. The zero-order chi connectivity index (χ0) is 27.4. The van der Waals surface area contributed by atoms with Crippen molar-refractivity contribution in [3.8, 4) is 23.0 Å². The molecule has 5 rings (SSSR count). The predicted molar refractivity (Wildman–Crippen MR) is 145 cm³/mol. The summed E-state index contributed by atoms with van der Waals surface area (Å²) in [6.45, 7) is 5.83. The van der Waals surface area contributed by atoms with Gasteiger partial charge in [-0.25, -0.2) is 0 Å². The third-order valence-corrected chi connectivity index (χ3v) is 6.60. The lowest BCUT2D eigenvalue weighted by molar-refractivity contribution is -0.140. The van der Waals surface area contributed by atoms with Gasteiger partial charge in [-0.05, 0) is 54.8 Å². The first kappa shape index (κ1) is 26.2. The van der Waals surface area contributed by atoms with Crippen molar-refractivity contribution in [1.82, 2.24) is 4.90 Å². The summed E-state index contributed by atoms with van der Waals surface area (Å²) in [7, 11) is 0. The summed E-state index contributed by atoms with van der Waals surface area (Å²) in [4.78, 5) is 28.4. The maximum atomic E-state index is 13.5. The van der Waals surface area contributed by atoms with Crippen LogP contribution in [-0.4, -0.2) is 48.1 Å². The van der Waals surface area contributed by atoms with Crippen LogP contribution in [0.1, 0.15) is 43.0 Å². The van der Waals surface area contributed by atoms with E-state index in [0.717, 1.165) is 12.0 Å². The van der Waals surface area contributed by atoms with Gasteiger partial charge in [-0.3, -0.25) is 9.59 Å². The molecule has 1 unspecified atom stereocenters. The number of rotatable bonds is 9. The van der Waals surface area contributed by atoms with Crippen molar-refractivity contribution in [2.75, 3.05) is 26.4 Å². The lowest BCUT2D eigenvalue weighted by atomic mass is 9.94. The van der Waals surface area contributed by atoms with E-state index in [1.54, 1.807) is 36.4 Å². The number of benzene rings is 3. The number of amides is 1. The highest BCUT2D eigenvalue weighted by Crippen LogP contribution is 2.43. The van der Waals surface area contributed by atoms with Crippen molar-refractivity contribution < 1.29 is 33.6 Å². The van der Waals surface area contributed by atoms with Crippen LogP contribution in [0.2, 0.25) is 0 Å². The second kappa shape index (κ2) is 11.5. The Morgan fingerprint density at radius 2 is 1.69 bits per heavy atom. The van der Waals surface area contributed by atoms with Gasteiger partial charge in [0.2, 0.25) is 0 Å². The number of hydrogen-bond donors (Lipinski definition) is 1. The molecule has 8 heteroatoms. The SMILES string of the molecule is CCCOc1ccc(C2/C(=C(/O)c3ccc4c(c3)OCCO4)C(=O)C(=O)N2Cc2ccccc2)cc1OCC. The highest BCUT2D eigenvalue weighted by atomic mass is 16.6. The Morgan fingerprint density at radius 1 is 0.923 bits per heavy atom. The van der Waals surface area contributed by atoms with E-state index in [9.17, 15) is 14.7 Å². The van der Waals surface area contributed by atoms with E-state index in [0.29, 0.717) is 60.6 Å². The number of fused-ring (bicyclic) bond motifs is 1. The van der Waals surface area contributed by atoms with Crippen LogP contribution in [0.3, 0.4) is 0 Å². The van der Waals surface area contributed by atoms with Gasteiger partial charge in [0.25, 0.3) is 11.7 Å². The van der Waals surface area contributed by atoms with Crippen molar-refractivity contribution in [2.24, 2.45) is 0 Å². The predicted octanol–water partition coefficient (Wildman–Crippen LogP) is 5.27. The van der Waals surface area contributed by atoms with Crippen molar-refractivity contribution in [1.29, 1.82) is 0 Å². The normalized spacial score (nSPS) is 17.8. The van der Waals surface area contributed by atoms with Crippen molar-refractivity contribution >= 4 is 17.4 Å². The molecular formula is C31H31NO7. The third-order valence-electron chi connectivity index (χ3n) is 6.60. The van der Waals surface area contributed by atoms with Crippen LogP contribution in [0.4, 0.5) is 0 Å². The average molecular weight is 530 g/mol. The second-order valence-electron chi connectivity index (χ2n) is 9.26. The molecule has 8 nitrogen and oxygen atoms in total. The van der Waals surface area contributed by atoms with E-state index in [4.69, 9.17) is 18.9 Å². The Bertz CT molecular complexity index is 1400. The average Bonchev–Trinajstić information content (AvgIpc) is 3.21. The van der Waals surface area contributed by atoms with Crippen LogP contribution in [0, 0.1) is 0 Å². The highest BCUT2D eigenvalue weighted by molar-refractivity contribution is 6.46. The standard InChI is InChI=1S/C31H31NO7/c1-3-14-37-23-12-10-21(17-25(23)36-4-2)28-27(29(33)22-11-13-24-26(18-22)39-16-15-38-24)30(34)31(35)32(28)19-20-8-6-5-7-9-20/h5-13,17-18,28,33H,3-4,14-16,19H2,1-2H3/b29-27-. The van der Waals surface area contributed by atoms with E-state index < -0.39 is 17.7 Å². The summed E-state index contributed by atoms with van der Waals surface area (Å²) >= 11 is 0. The maximum Gasteiger partial charge on any atom is 0.295 e. The molecule has 2 aliphatic rings. The zero-order valence-corrected chi connectivity index (χ0v) is 22.0. The van der Waals surface area contributed by atoms with Crippen LogP contribution in [0.15, 0.2) is 72.3 Å². The van der Waals surface area contributed by atoms with E-state index in [2.05, 4.69) is 0 Å². The molecule has 1 amide bonds. The number of hydrogen-bond acceptors (Lipinski definition) is 7. The molecule has 3 aromatic carbocycles. The van der Waals surface area contributed by atoms with Gasteiger partial charge in [0.1, 0.15) is 19.0 Å². The maximum absolute atomic E-state index is 13.5. The zero-order valence-electron chi connectivity index (χ0n) is 22.0. The van der Waals surface area contributed by atoms with Crippen molar-refractivity contribution in [2.45, 2.75) is 32.9 Å². The molecule has 1 N–H and O–H groups in total. The summed E-state index contributed by atoms with van der Waals surface area (Å²) in [6.07, 6.45) is 0.833. The number of ether oxygens (including phenoxy) is 4. The Labute approximate surface area is 227 Å². The van der Waals surface area contributed by atoms with Gasteiger partial charge >= 0.3 is 0 Å². The van der Waals surface area contributed by atoms with Crippen LogP contribution >= 0.6 is 0 Å². The molecule has 202 valence electrons. The number of Topliss-reactive ketones (excluding diaryl/α,β-unsaturated/α-hetero) is 1. The second-order valence-corrected chi connectivity index (χ2v) is 9.26. The van der Waals surface area contributed by atoms with Gasteiger partial charge in [-0.1, -0.05) is 43.3 Å². The molecule has 0 aromatic heterocycles. The largest absolute Gasteiger partial charge is 0.507 e. The molecule has 1 atom stereocenters. The number of aliphatic hydroxyl groups is 1. The number of aliphatic hydroxyl groups excluding tert-OH is 1. The molecule has 1 fully saturated rings. The minimum Gasteiger partial charge on any atom is -0.507 e. The number of carbonyl (C=O) groups excluding carboxylic acids is 2. The number of ketones is 1. The molecule has 0 aliphatic carbocycles. The summed E-state index contributed by atoms with van der Waals surface area (Å²) in [6, 6.07) is 18.9. The quantitative estimate of drug-likeness (QED) is 0.229. The van der Waals surface area contributed by atoms with E-state index in [1.807, 2.05) is 44.2 Å². The summed E-state index contributed by atoms with van der Waals surface area (Å²) < 4.78 is 23.0. The lowest BCUT2D eigenvalue weighted by Crippen LogP contribution is -2.29. The van der Waals surface area contributed by atoms with E-state index in [1.165, 1.54) is 4.90 Å². The van der Waals surface area contributed by atoms with E-state index >= 15 is 0 Å². The number of carbonyl (C=O) groups is 2. The molecule has 0 saturated carbocycles. The first-order valence-electron chi connectivity index (χ1n) is 13.1. The van der Waals surface area contributed by atoms with Gasteiger partial charge < -0.3 is 29.0 Å². The van der Waals surface area contributed by atoms with Gasteiger partial charge in [0.05, 0.1) is 24.8 Å². The smallest absolute Gasteiger partial charge is 0.295 e. The molecule has 2 heterocycles. The van der Waals surface area contributed by atoms with Gasteiger partial charge in [0, 0.05) is 12.1 Å². The number of likely N-dealkylation sites (tertiary alicyclic amines) is 1. The van der Waals surface area contributed by atoms with Gasteiger partial charge in [-0.2, -0.15) is 0 Å². The lowest BCUT2D eigenvalue weighted by Gasteiger charge is -2.26. The fourth-order valence-corrected chi connectivity index (χ4v) is 4.81. The summed E-state index contributed by atoms with van der Waals surface area (Å²) in [5, 5.41) is 11.5. The number of nitrogens with zero attached hydrogens (tertiary/aromatic N) is 1. The Balaban J connectivity index is 1.63. The molecule has 3 aromatic rings. The highest BCUT2D eigenvalue weighted by Gasteiger charge is 2.46. The molecule has 1 saturated heterocycles. The van der Waals surface area contributed by atoms with Crippen LogP contribution in [0.25, 0.3) is 5.76 Å². The first-order chi connectivity index (χ1) is 19.0. The fourth-order valence-electron chi connectivity index (χ4n) is 4.81. The summed E-state index contributed by atoms with van der Waals surface area (Å²) in [5.41, 5.74) is 1.83. The Kier molecular flexibility index (Phi) is 7.72. The van der Waals surface area contributed by atoms with E-state index in [-0.39, 0.29) is 17.9 Å². The van der Waals surface area contributed by atoms with Crippen LogP contribution < -0.4 is 18.9 Å². The molecule has 0 bridgehead atoms.